The number of nitrogens with zero attached hydrogens (tertiary/aromatic N) is 4. The Morgan fingerprint density at radius 3 is 2.74 bits per heavy atom. The largest absolute Gasteiger partial charge is 0.418 e. The molecule has 2 saturated heterocycles. The fourth-order valence-electron chi connectivity index (χ4n) is 3.11. The molecule has 146 valence electrons. The number of piperidine rings is 1. The molecule has 2 aliphatic heterocycles. The zero-order chi connectivity index (χ0) is 19.8. The van der Waals surface area contributed by atoms with Gasteiger partial charge in [-0.1, -0.05) is 6.07 Å². The minimum Gasteiger partial charge on any atom is -0.309 e. The van der Waals surface area contributed by atoms with Crippen molar-refractivity contribution >= 4 is 28.2 Å². The van der Waals surface area contributed by atoms with Gasteiger partial charge in [-0.25, -0.2) is 15.6 Å². The molecule has 27 heavy (non-hydrogen) atoms. The number of imide groups is 1. The lowest BCUT2D eigenvalue weighted by Gasteiger charge is -2.31. The van der Waals surface area contributed by atoms with Gasteiger partial charge in [-0.3, -0.25) is 19.1 Å². The molecule has 2 aliphatic rings. The molecule has 0 radical (unpaired) electrons. The van der Waals surface area contributed by atoms with Crippen molar-refractivity contribution in [2.24, 2.45) is 5.84 Å². The van der Waals surface area contributed by atoms with Gasteiger partial charge in [-0.15, -0.1) is 4.28 Å². The number of hydroxylamine groups is 2. The van der Waals surface area contributed by atoms with E-state index < -0.39 is 40.3 Å². The molecule has 4 amide bonds. The predicted octanol–water partition coefficient (Wildman–Crippen LogP) is -1.14. The lowest BCUT2D eigenvalue weighted by Crippen LogP contribution is -2.55. The van der Waals surface area contributed by atoms with E-state index in [2.05, 4.69) is 9.27 Å². The number of urea groups is 1. The van der Waals surface area contributed by atoms with E-state index in [0.29, 0.717) is 15.8 Å². The van der Waals surface area contributed by atoms with Crippen molar-refractivity contribution in [1.82, 2.24) is 20.0 Å². The summed E-state index contributed by atoms with van der Waals surface area (Å²) in [5, 5.41) is 0.957. The third-order valence-electron chi connectivity index (χ3n) is 4.35. The fraction of sp³-hybridized carbons (Fsp3) is 0.429. The Kier molecular flexibility index (Phi) is 5.10. The number of aromatic nitrogens is 1. The lowest BCUT2D eigenvalue weighted by molar-refractivity contribution is -0.148. The topological polar surface area (TPSA) is 163 Å². The SMILES string of the molecule is NN(C(=O)Cc1ccccn1)C(=O)[C@@H]1CC[C@@H]2CN1C(=O)N2OS(=O)(=O)O. The van der Waals surface area contributed by atoms with Crippen molar-refractivity contribution < 1.29 is 31.6 Å². The molecule has 2 bridgehead atoms. The van der Waals surface area contributed by atoms with Gasteiger partial charge in [0.2, 0.25) is 5.91 Å². The predicted molar refractivity (Wildman–Crippen MR) is 87.4 cm³/mol. The van der Waals surface area contributed by atoms with E-state index in [1.165, 1.54) is 6.20 Å². The van der Waals surface area contributed by atoms with Gasteiger partial charge in [0, 0.05) is 18.4 Å². The fourth-order valence-corrected chi connectivity index (χ4v) is 3.50. The van der Waals surface area contributed by atoms with E-state index in [-0.39, 0.29) is 25.8 Å². The molecule has 2 fully saturated rings. The summed E-state index contributed by atoms with van der Waals surface area (Å²) in [5.74, 6) is 4.15. The molecule has 3 heterocycles. The highest BCUT2D eigenvalue weighted by Gasteiger charge is 2.50. The Morgan fingerprint density at radius 2 is 2.11 bits per heavy atom. The maximum absolute atomic E-state index is 12.6. The first-order chi connectivity index (χ1) is 12.7. The summed E-state index contributed by atoms with van der Waals surface area (Å²) in [4.78, 5) is 42.2. The molecular formula is C14H17N5O7S. The number of hydrazine groups is 1. The maximum atomic E-state index is 12.6. The highest BCUT2D eigenvalue weighted by atomic mass is 32.3. The van der Waals surface area contributed by atoms with Crippen LogP contribution in [0, 0.1) is 0 Å². The van der Waals surface area contributed by atoms with Gasteiger partial charge < -0.3 is 4.90 Å². The van der Waals surface area contributed by atoms with E-state index in [9.17, 15) is 22.8 Å². The number of hydrogen-bond donors (Lipinski definition) is 2. The first-order valence-corrected chi connectivity index (χ1v) is 9.32. The summed E-state index contributed by atoms with van der Waals surface area (Å²) in [5.41, 5.74) is 0.430. The van der Waals surface area contributed by atoms with Gasteiger partial charge in [0.15, 0.2) is 0 Å². The molecule has 3 rings (SSSR count). The molecule has 13 heteroatoms. The molecule has 0 spiro atoms. The van der Waals surface area contributed by atoms with Gasteiger partial charge in [0.05, 0.1) is 12.5 Å². The van der Waals surface area contributed by atoms with Crippen LogP contribution in [0.1, 0.15) is 18.5 Å². The minimum absolute atomic E-state index is 0.00698. The van der Waals surface area contributed by atoms with Crippen molar-refractivity contribution in [2.75, 3.05) is 6.54 Å². The van der Waals surface area contributed by atoms with Crippen LogP contribution >= 0.6 is 0 Å². The van der Waals surface area contributed by atoms with E-state index in [1.807, 2.05) is 0 Å². The monoisotopic (exact) mass is 399 g/mol. The molecule has 2 atom stereocenters. The summed E-state index contributed by atoms with van der Waals surface area (Å²) < 4.78 is 34.8. The summed E-state index contributed by atoms with van der Waals surface area (Å²) in [7, 11) is -4.88. The molecule has 1 aromatic heterocycles. The van der Waals surface area contributed by atoms with Crippen LogP contribution in [-0.2, 0) is 30.7 Å². The summed E-state index contributed by atoms with van der Waals surface area (Å²) >= 11 is 0. The van der Waals surface area contributed by atoms with Crippen molar-refractivity contribution in [3.63, 3.8) is 0 Å². The molecule has 0 aliphatic carbocycles. The van der Waals surface area contributed by atoms with Crippen LogP contribution < -0.4 is 5.84 Å². The smallest absolute Gasteiger partial charge is 0.309 e. The number of fused-ring (bicyclic) bond motifs is 2. The Bertz CT molecular complexity index is 862. The number of pyridine rings is 1. The Labute approximate surface area is 154 Å². The van der Waals surface area contributed by atoms with Crippen LogP contribution in [0.15, 0.2) is 24.4 Å². The number of carbonyl (C=O) groups excluding carboxylic acids is 3. The quantitative estimate of drug-likeness (QED) is 0.269. The Hall–Kier alpha value is -2.61. The first-order valence-electron chi connectivity index (χ1n) is 7.95. The molecule has 0 aromatic carbocycles. The summed E-state index contributed by atoms with van der Waals surface area (Å²) in [6.45, 7) is 0.00698. The van der Waals surface area contributed by atoms with E-state index >= 15 is 0 Å². The molecule has 0 saturated carbocycles. The summed E-state index contributed by atoms with van der Waals surface area (Å²) in [6.07, 6.45) is 1.70. The van der Waals surface area contributed by atoms with Crippen molar-refractivity contribution in [3.8, 4) is 0 Å². The number of carbonyl (C=O) groups is 3. The van der Waals surface area contributed by atoms with E-state index in [1.54, 1.807) is 18.2 Å². The Morgan fingerprint density at radius 1 is 1.37 bits per heavy atom. The number of rotatable bonds is 5. The summed E-state index contributed by atoms with van der Waals surface area (Å²) in [6, 6.07) is 2.39. The average Bonchev–Trinajstić information content (AvgIpc) is 2.85. The van der Waals surface area contributed by atoms with Gasteiger partial charge in [0.25, 0.3) is 5.91 Å². The molecule has 1 aromatic rings. The van der Waals surface area contributed by atoms with Crippen molar-refractivity contribution in [3.05, 3.63) is 30.1 Å². The second-order valence-electron chi connectivity index (χ2n) is 6.11. The van der Waals surface area contributed by atoms with Crippen LogP contribution in [0.2, 0.25) is 0 Å². The van der Waals surface area contributed by atoms with Crippen molar-refractivity contribution in [1.29, 1.82) is 0 Å². The number of amides is 4. The second-order valence-corrected chi connectivity index (χ2v) is 7.11. The molecule has 12 nitrogen and oxygen atoms in total. The average molecular weight is 399 g/mol. The standard InChI is InChI=1S/C14H17N5O7S/c15-18(12(20)7-9-3-1-2-6-16-9)13(21)11-5-4-10-8-17(11)14(22)19(10)26-27(23,24)25/h1-3,6,10-11H,4-5,7-8,15H2,(H,23,24,25)/t10-,11+/m1/s1. The highest BCUT2D eigenvalue weighted by Crippen LogP contribution is 2.31. The maximum Gasteiger partial charge on any atom is 0.418 e. The minimum atomic E-state index is -4.88. The zero-order valence-electron chi connectivity index (χ0n) is 14.0. The number of hydrogen-bond acceptors (Lipinski definition) is 8. The van der Waals surface area contributed by atoms with Gasteiger partial charge >= 0.3 is 16.4 Å². The van der Waals surface area contributed by atoms with Gasteiger partial charge in [-0.05, 0) is 25.0 Å². The van der Waals surface area contributed by atoms with Crippen LogP contribution in [0.5, 0.6) is 0 Å². The van der Waals surface area contributed by atoms with Gasteiger partial charge in [0.1, 0.15) is 6.04 Å². The van der Waals surface area contributed by atoms with Crippen LogP contribution in [0.25, 0.3) is 0 Å². The second kappa shape index (κ2) is 7.19. The first kappa shape index (κ1) is 19.2. The van der Waals surface area contributed by atoms with Crippen LogP contribution in [0.3, 0.4) is 0 Å². The van der Waals surface area contributed by atoms with E-state index in [4.69, 9.17) is 10.4 Å². The molecule has 3 N–H and O–H groups in total. The van der Waals surface area contributed by atoms with Crippen molar-refractivity contribution in [2.45, 2.75) is 31.3 Å². The van der Waals surface area contributed by atoms with Gasteiger partial charge in [-0.2, -0.15) is 13.5 Å². The third-order valence-corrected chi connectivity index (χ3v) is 4.70. The third kappa shape index (κ3) is 4.05. The zero-order valence-corrected chi connectivity index (χ0v) is 14.8. The normalized spacial score (nSPS) is 22.1. The Balaban J connectivity index is 1.69. The number of nitrogens with two attached hydrogens (primary N) is 1. The lowest BCUT2D eigenvalue weighted by atomic mass is 10.00. The highest BCUT2D eigenvalue weighted by molar-refractivity contribution is 7.80. The molecular weight excluding hydrogens is 382 g/mol. The molecule has 0 unspecified atom stereocenters. The van der Waals surface area contributed by atoms with Crippen LogP contribution in [-0.4, -0.2) is 69.4 Å². The van der Waals surface area contributed by atoms with E-state index in [0.717, 1.165) is 4.90 Å². The van der Waals surface area contributed by atoms with Crippen LogP contribution in [0.4, 0.5) is 4.79 Å².